The number of nitrogens with one attached hydrogen (secondary N) is 1. The first-order chi connectivity index (χ1) is 12.6. The van der Waals surface area contributed by atoms with Crippen LogP contribution in [-0.4, -0.2) is 52.1 Å². The van der Waals surface area contributed by atoms with E-state index in [1.165, 1.54) is 19.2 Å². The minimum Gasteiger partial charge on any atom is -0.465 e. The number of hydrogen-bond donors (Lipinski definition) is 3. The lowest BCUT2D eigenvalue weighted by Gasteiger charge is -2.51. The number of aliphatic hydroxyl groups excluding tert-OH is 1. The van der Waals surface area contributed by atoms with Gasteiger partial charge in [-0.15, -0.1) is 0 Å². The van der Waals surface area contributed by atoms with Crippen LogP contribution in [0.2, 0.25) is 0 Å². The van der Waals surface area contributed by atoms with Gasteiger partial charge in [-0.25, -0.2) is 18.2 Å². The van der Waals surface area contributed by atoms with Gasteiger partial charge < -0.3 is 10.2 Å². The maximum absolute atomic E-state index is 14.5. The number of pyridine rings is 1. The molecule has 2 heterocycles. The van der Waals surface area contributed by atoms with Gasteiger partial charge in [-0.3, -0.25) is 10.3 Å². The fourth-order valence-corrected chi connectivity index (χ4v) is 7.24. The number of aliphatic hydroxyl groups is 1. The molecule has 1 aliphatic heterocycles. The van der Waals surface area contributed by atoms with Gasteiger partial charge >= 0.3 is 6.09 Å². The maximum atomic E-state index is 14.5. The Morgan fingerprint density at radius 3 is 2.67 bits per heavy atom. The van der Waals surface area contributed by atoms with Crippen molar-refractivity contribution in [1.82, 2.24) is 10.3 Å². The summed E-state index contributed by atoms with van der Waals surface area (Å²) in [6.45, 7) is 0.988. The first-order valence-corrected chi connectivity index (χ1v) is 10.7. The van der Waals surface area contributed by atoms with Crippen LogP contribution < -0.4 is 5.32 Å². The van der Waals surface area contributed by atoms with Crippen LogP contribution >= 0.6 is 15.9 Å². The third-order valence-electron chi connectivity index (χ3n) is 5.45. The van der Waals surface area contributed by atoms with Gasteiger partial charge in [0.05, 0.1) is 5.25 Å². The molecule has 1 amide bonds. The molecule has 2 aliphatic rings. The molecule has 148 valence electrons. The highest BCUT2D eigenvalue weighted by Crippen LogP contribution is 2.51. The van der Waals surface area contributed by atoms with E-state index in [1.807, 2.05) is 0 Å². The van der Waals surface area contributed by atoms with Gasteiger partial charge in [0.25, 0.3) is 0 Å². The van der Waals surface area contributed by atoms with Crippen molar-refractivity contribution in [3.63, 3.8) is 0 Å². The molecular weight excluding hydrogens is 445 g/mol. The summed E-state index contributed by atoms with van der Waals surface area (Å²) in [4.78, 5) is 19.3. The minimum atomic E-state index is -4.00. The van der Waals surface area contributed by atoms with Crippen LogP contribution in [0.1, 0.15) is 38.2 Å². The van der Waals surface area contributed by atoms with Crippen molar-refractivity contribution >= 4 is 37.7 Å². The van der Waals surface area contributed by atoms with Gasteiger partial charge in [0.15, 0.2) is 9.84 Å². The largest absolute Gasteiger partial charge is 0.465 e. The first-order valence-electron chi connectivity index (χ1n) is 8.34. The average molecular weight is 464 g/mol. The second kappa shape index (κ2) is 6.78. The number of nitrogens with zero attached hydrogens (tertiary/aromatic N) is 2. The topological polar surface area (TPSA) is 129 Å². The third kappa shape index (κ3) is 2.95. The highest BCUT2D eigenvalue weighted by Gasteiger charge is 2.64. The van der Waals surface area contributed by atoms with Gasteiger partial charge in [-0.2, -0.15) is 4.39 Å². The van der Waals surface area contributed by atoms with Gasteiger partial charge in [-0.05, 0) is 54.6 Å². The van der Waals surface area contributed by atoms with E-state index in [-0.39, 0.29) is 30.7 Å². The fourth-order valence-electron chi connectivity index (χ4n) is 3.94. The highest BCUT2D eigenvalue weighted by atomic mass is 79.9. The predicted molar refractivity (Wildman–Crippen MR) is 98.8 cm³/mol. The van der Waals surface area contributed by atoms with Gasteiger partial charge in [0, 0.05) is 22.8 Å². The summed E-state index contributed by atoms with van der Waals surface area (Å²) in [5.74, 6) is -1.10. The molecule has 27 heavy (non-hydrogen) atoms. The van der Waals surface area contributed by atoms with Crippen LogP contribution in [0.5, 0.6) is 0 Å². The normalized spacial score (nSPS) is 28.3. The Labute approximate surface area is 164 Å². The van der Waals surface area contributed by atoms with Gasteiger partial charge in [-0.1, -0.05) is 0 Å². The number of rotatable bonds is 3. The summed E-state index contributed by atoms with van der Waals surface area (Å²) >= 11 is 3.19. The van der Waals surface area contributed by atoms with Crippen LogP contribution in [0, 0.1) is 5.95 Å². The quantitative estimate of drug-likeness (QED) is 0.587. The van der Waals surface area contributed by atoms with E-state index in [9.17, 15) is 27.8 Å². The second-order valence-corrected chi connectivity index (χ2v) is 10.3. The molecule has 1 aromatic rings. The SMILES string of the molecule is C[C@]1(c2cc(Br)cnc2F)N=C(NC(=O)O)C2(CCC2)S(=O)(=O)[C@H]1CCO. The number of amides is 1. The van der Waals surface area contributed by atoms with Gasteiger partial charge in [0.2, 0.25) is 5.95 Å². The molecule has 2 atom stereocenters. The Bertz CT molecular complexity index is 919. The molecule has 3 rings (SSSR count). The summed E-state index contributed by atoms with van der Waals surface area (Å²) in [6, 6.07) is 1.38. The van der Waals surface area contributed by atoms with Crippen molar-refractivity contribution in [3.05, 3.63) is 28.2 Å². The van der Waals surface area contributed by atoms with Crippen molar-refractivity contribution in [2.24, 2.45) is 4.99 Å². The molecule has 0 saturated heterocycles. The Morgan fingerprint density at radius 2 is 2.15 bits per heavy atom. The molecule has 0 aromatic carbocycles. The van der Waals surface area contributed by atoms with Crippen LogP contribution in [0.3, 0.4) is 0 Å². The molecule has 1 fully saturated rings. The molecular formula is C16H19BrFN3O5S. The van der Waals surface area contributed by atoms with Crippen molar-refractivity contribution in [2.45, 2.75) is 48.1 Å². The average Bonchev–Trinajstić information content (AvgIpc) is 2.51. The number of aromatic nitrogens is 1. The molecule has 1 aromatic heterocycles. The summed E-state index contributed by atoms with van der Waals surface area (Å²) in [5.41, 5.74) is -1.74. The standard InChI is InChI=1S/C16H19BrFN3O5S/c1-15(10-7-9(17)8-19-12(10)18)11(3-6-22)27(25,26)16(4-2-5-16)13(21-15)20-14(23)24/h7-8,11,22H,2-6H2,1H3,(H,20,21)(H,23,24)/t11-,15+/m0/s1. The molecule has 1 saturated carbocycles. The van der Waals surface area contributed by atoms with Crippen LogP contribution in [0.4, 0.5) is 9.18 Å². The Kier molecular flexibility index (Phi) is 5.06. The van der Waals surface area contributed by atoms with E-state index < -0.39 is 44.0 Å². The summed E-state index contributed by atoms with van der Waals surface area (Å²) in [6.07, 6.45) is 0.697. The molecule has 3 N–H and O–H groups in total. The molecule has 0 radical (unpaired) electrons. The monoisotopic (exact) mass is 463 g/mol. The molecule has 0 unspecified atom stereocenters. The Balaban J connectivity index is 2.31. The Morgan fingerprint density at radius 1 is 1.48 bits per heavy atom. The van der Waals surface area contributed by atoms with E-state index in [0.717, 1.165) is 0 Å². The Hall–Kier alpha value is -1.59. The van der Waals surface area contributed by atoms with Crippen molar-refractivity contribution in [3.8, 4) is 0 Å². The minimum absolute atomic E-state index is 0.0854. The zero-order valence-electron chi connectivity index (χ0n) is 14.4. The number of hydrogen-bond acceptors (Lipinski definition) is 6. The lowest BCUT2D eigenvalue weighted by Crippen LogP contribution is -2.67. The lowest BCUT2D eigenvalue weighted by atomic mass is 9.80. The van der Waals surface area contributed by atoms with Crippen LogP contribution in [0.25, 0.3) is 0 Å². The lowest BCUT2D eigenvalue weighted by molar-refractivity contribution is 0.198. The number of halogens is 2. The van der Waals surface area contributed by atoms with E-state index in [2.05, 4.69) is 31.2 Å². The van der Waals surface area contributed by atoms with Crippen molar-refractivity contribution in [1.29, 1.82) is 0 Å². The van der Waals surface area contributed by atoms with E-state index >= 15 is 0 Å². The second-order valence-electron chi connectivity index (χ2n) is 6.92. The number of sulfone groups is 1. The number of carboxylic acid groups (broad SMARTS) is 1. The van der Waals surface area contributed by atoms with Crippen molar-refractivity contribution < 1.29 is 27.8 Å². The molecule has 8 nitrogen and oxygen atoms in total. The predicted octanol–water partition coefficient (Wildman–Crippen LogP) is 1.97. The molecule has 1 aliphatic carbocycles. The highest BCUT2D eigenvalue weighted by molar-refractivity contribution is 9.10. The fraction of sp³-hybridized carbons (Fsp3) is 0.562. The zero-order chi connectivity index (χ0) is 20.0. The molecule has 0 bridgehead atoms. The van der Waals surface area contributed by atoms with Gasteiger partial charge in [0.1, 0.15) is 16.1 Å². The summed E-state index contributed by atoms with van der Waals surface area (Å²) in [5, 5.41) is 19.6. The van der Waals surface area contributed by atoms with E-state index in [4.69, 9.17) is 0 Å². The third-order valence-corrected chi connectivity index (χ3v) is 9.02. The van der Waals surface area contributed by atoms with E-state index in [1.54, 1.807) is 0 Å². The summed E-state index contributed by atoms with van der Waals surface area (Å²) < 4.78 is 40.5. The van der Waals surface area contributed by atoms with Crippen LogP contribution in [0.15, 0.2) is 21.7 Å². The number of amidine groups is 1. The smallest absolute Gasteiger partial charge is 0.410 e. The first kappa shape index (κ1) is 20.2. The van der Waals surface area contributed by atoms with E-state index in [0.29, 0.717) is 10.9 Å². The maximum Gasteiger partial charge on any atom is 0.410 e. The number of aliphatic imine (C=N–C) groups is 1. The molecule has 11 heteroatoms. The number of carbonyl (C=O) groups is 1. The zero-order valence-corrected chi connectivity index (χ0v) is 16.8. The molecule has 1 spiro atoms. The van der Waals surface area contributed by atoms with Crippen LogP contribution in [-0.2, 0) is 15.4 Å². The summed E-state index contributed by atoms with van der Waals surface area (Å²) in [7, 11) is -4.00. The van der Waals surface area contributed by atoms with Crippen molar-refractivity contribution in [2.75, 3.05) is 6.61 Å².